The number of aromatic amines is 1. The topological polar surface area (TPSA) is 54.1 Å². The molecule has 0 aliphatic heterocycles. The molecule has 1 aromatic heterocycles. The van der Waals surface area contributed by atoms with Crippen molar-refractivity contribution in [2.45, 2.75) is 32.4 Å². The molecule has 0 fully saturated rings. The van der Waals surface area contributed by atoms with E-state index >= 15 is 0 Å². The fraction of sp³-hybridized carbons (Fsp3) is 0.545. The van der Waals surface area contributed by atoms with Crippen molar-refractivity contribution in [2.75, 3.05) is 7.11 Å². The molecule has 4 heteroatoms. The number of carbonyl (C=O) groups excluding carboxylic acids is 1. The third kappa shape index (κ3) is 2.83. The van der Waals surface area contributed by atoms with E-state index < -0.39 is 5.60 Å². The van der Waals surface area contributed by atoms with Gasteiger partial charge in [0.2, 0.25) is 0 Å². The van der Waals surface area contributed by atoms with E-state index in [1.165, 1.54) is 0 Å². The van der Waals surface area contributed by atoms with Gasteiger partial charge in [0.25, 0.3) is 5.91 Å². The van der Waals surface area contributed by atoms with Crippen LogP contribution in [-0.2, 0) is 16.1 Å². The van der Waals surface area contributed by atoms with Crippen molar-refractivity contribution >= 4 is 5.91 Å². The molecular weight excluding hydrogens is 192 g/mol. The van der Waals surface area contributed by atoms with Crippen molar-refractivity contribution in [3.8, 4) is 0 Å². The number of rotatable bonds is 5. The van der Waals surface area contributed by atoms with E-state index in [0.29, 0.717) is 13.0 Å². The summed E-state index contributed by atoms with van der Waals surface area (Å²) in [6.45, 7) is 4.25. The van der Waals surface area contributed by atoms with Crippen LogP contribution >= 0.6 is 0 Å². The highest BCUT2D eigenvalue weighted by molar-refractivity contribution is 5.84. The Labute approximate surface area is 90.0 Å². The average molecular weight is 210 g/mol. The number of H-pyrrole nitrogens is 1. The summed E-state index contributed by atoms with van der Waals surface area (Å²) in [5, 5.41) is 2.84. The minimum Gasteiger partial charge on any atom is -0.369 e. The molecule has 0 aromatic carbocycles. The first-order chi connectivity index (χ1) is 7.12. The third-order valence-electron chi connectivity index (χ3n) is 2.72. The molecule has 0 bridgehead atoms. The number of hydrogen-bond acceptors (Lipinski definition) is 2. The second kappa shape index (κ2) is 4.98. The summed E-state index contributed by atoms with van der Waals surface area (Å²) < 4.78 is 5.20. The van der Waals surface area contributed by atoms with Gasteiger partial charge in [-0.05, 0) is 25.0 Å². The van der Waals surface area contributed by atoms with E-state index in [2.05, 4.69) is 10.3 Å². The van der Waals surface area contributed by atoms with E-state index in [9.17, 15) is 4.79 Å². The number of hydrogen-bond donors (Lipinski definition) is 2. The SMILES string of the molecule is CCC(C)(OC)C(=O)NCc1cc[nH]c1. The van der Waals surface area contributed by atoms with Gasteiger partial charge in [0.1, 0.15) is 5.60 Å². The van der Waals surface area contributed by atoms with Crippen molar-refractivity contribution in [3.63, 3.8) is 0 Å². The van der Waals surface area contributed by atoms with Gasteiger partial charge in [-0.25, -0.2) is 0 Å². The largest absolute Gasteiger partial charge is 0.369 e. The first-order valence-corrected chi connectivity index (χ1v) is 5.07. The number of methoxy groups -OCH3 is 1. The minimum absolute atomic E-state index is 0.0753. The Bertz CT molecular complexity index is 302. The van der Waals surface area contributed by atoms with Crippen LogP contribution in [0.1, 0.15) is 25.8 Å². The van der Waals surface area contributed by atoms with Crippen LogP contribution < -0.4 is 5.32 Å². The molecule has 1 aromatic rings. The Hall–Kier alpha value is -1.29. The quantitative estimate of drug-likeness (QED) is 0.772. The molecule has 15 heavy (non-hydrogen) atoms. The lowest BCUT2D eigenvalue weighted by Crippen LogP contribution is -2.45. The van der Waals surface area contributed by atoms with Gasteiger partial charge < -0.3 is 15.0 Å². The molecule has 0 aliphatic carbocycles. The molecule has 0 spiro atoms. The van der Waals surface area contributed by atoms with Gasteiger partial charge in [0, 0.05) is 26.0 Å². The van der Waals surface area contributed by atoms with Crippen molar-refractivity contribution in [3.05, 3.63) is 24.0 Å². The van der Waals surface area contributed by atoms with Crippen LogP contribution in [0.15, 0.2) is 18.5 Å². The lowest BCUT2D eigenvalue weighted by atomic mass is 10.0. The van der Waals surface area contributed by atoms with Gasteiger partial charge in [-0.15, -0.1) is 0 Å². The van der Waals surface area contributed by atoms with Crippen molar-refractivity contribution < 1.29 is 9.53 Å². The van der Waals surface area contributed by atoms with Crippen LogP contribution in [0, 0.1) is 0 Å². The van der Waals surface area contributed by atoms with Gasteiger partial charge in [-0.2, -0.15) is 0 Å². The van der Waals surface area contributed by atoms with E-state index in [-0.39, 0.29) is 5.91 Å². The van der Waals surface area contributed by atoms with Crippen LogP contribution in [0.5, 0.6) is 0 Å². The molecule has 4 nitrogen and oxygen atoms in total. The average Bonchev–Trinajstić information content (AvgIpc) is 2.77. The summed E-state index contributed by atoms with van der Waals surface area (Å²) >= 11 is 0. The number of nitrogens with one attached hydrogen (secondary N) is 2. The summed E-state index contributed by atoms with van der Waals surface area (Å²) in [7, 11) is 1.55. The van der Waals surface area contributed by atoms with E-state index in [4.69, 9.17) is 4.74 Å². The first kappa shape index (κ1) is 11.8. The van der Waals surface area contributed by atoms with Gasteiger partial charge in [0.05, 0.1) is 0 Å². The smallest absolute Gasteiger partial charge is 0.252 e. The number of carbonyl (C=O) groups is 1. The summed E-state index contributed by atoms with van der Waals surface area (Å²) in [4.78, 5) is 14.7. The molecular formula is C11H18N2O2. The van der Waals surface area contributed by atoms with Gasteiger partial charge in [-0.1, -0.05) is 6.92 Å². The molecule has 1 heterocycles. The van der Waals surface area contributed by atoms with Crippen LogP contribution in [0.3, 0.4) is 0 Å². The van der Waals surface area contributed by atoms with Crippen LogP contribution in [0.25, 0.3) is 0 Å². The second-order valence-electron chi connectivity index (χ2n) is 3.69. The molecule has 0 radical (unpaired) electrons. The second-order valence-corrected chi connectivity index (χ2v) is 3.69. The maximum absolute atomic E-state index is 11.8. The van der Waals surface area contributed by atoms with Crippen LogP contribution in [0.4, 0.5) is 0 Å². The van der Waals surface area contributed by atoms with Gasteiger partial charge in [-0.3, -0.25) is 4.79 Å². The fourth-order valence-electron chi connectivity index (χ4n) is 1.24. The predicted molar refractivity (Wildman–Crippen MR) is 58.3 cm³/mol. The number of aromatic nitrogens is 1. The fourth-order valence-corrected chi connectivity index (χ4v) is 1.24. The normalized spacial score (nSPS) is 14.6. The highest BCUT2D eigenvalue weighted by Gasteiger charge is 2.30. The lowest BCUT2D eigenvalue weighted by Gasteiger charge is -2.25. The Morgan fingerprint density at radius 1 is 1.67 bits per heavy atom. The third-order valence-corrected chi connectivity index (χ3v) is 2.72. The molecule has 0 aliphatic rings. The molecule has 0 saturated heterocycles. The Balaban J connectivity index is 2.48. The Morgan fingerprint density at radius 2 is 2.40 bits per heavy atom. The Kier molecular flexibility index (Phi) is 3.91. The van der Waals surface area contributed by atoms with E-state index in [1.807, 2.05) is 25.4 Å². The molecule has 1 atom stereocenters. The number of amides is 1. The summed E-state index contributed by atoms with van der Waals surface area (Å²) in [5.74, 6) is -0.0753. The zero-order valence-corrected chi connectivity index (χ0v) is 9.46. The predicted octanol–water partition coefficient (Wildman–Crippen LogP) is 1.45. The standard InChI is InChI=1S/C11H18N2O2/c1-4-11(2,15-3)10(14)13-8-9-5-6-12-7-9/h5-7,12H,4,8H2,1-3H3,(H,13,14). The minimum atomic E-state index is -0.726. The summed E-state index contributed by atoms with van der Waals surface area (Å²) in [5.41, 5.74) is 0.328. The van der Waals surface area contributed by atoms with Gasteiger partial charge in [0.15, 0.2) is 0 Å². The maximum atomic E-state index is 11.8. The highest BCUT2D eigenvalue weighted by Crippen LogP contribution is 2.13. The highest BCUT2D eigenvalue weighted by atomic mass is 16.5. The zero-order chi connectivity index (χ0) is 11.3. The molecule has 2 N–H and O–H groups in total. The van der Waals surface area contributed by atoms with E-state index in [0.717, 1.165) is 5.56 Å². The van der Waals surface area contributed by atoms with Crippen LogP contribution in [-0.4, -0.2) is 23.6 Å². The number of ether oxygens (including phenoxy) is 1. The molecule has 84 valence electrons. The summed E-state index contributed by atoms with van der Waals surface area (Å²) in [6.07, 6.45) is 4.34. The van der Waals surface area contributed by atoms with Crippen LogP contribution in [0.2, 0.25) is 0 Å². The molecule has 1 rings (SSSR count). The monoisotopic (exact) mass is 210 g/mol. The van der Waals surface area contributed by atoms with Gasteiger partial charge >= 0.3 is 0 Å². The maximum Gasteiger partial charge on any atom is 0.252 e. The van der Waals surface area contributed by atoms with Crippen molar-refractivity contribution in [1.29, 1.82) is 0 Å². The van der Waals surface area contributed by atoms with Crippen molar-refractivity contribution in [2.24, 2.45) is 0 Å². The molecule has 1 unspecified atom stereocenters. The van der Waals surface area contributed by atoms with Crippen molar-refractivity contribution in [1.82, 2.24) is 10.3 Å². The van der Waals surface area contributed by atoms with E-state index in [1.54, 1.807) is 14.0 Å². The Morgan fingerprint density at radius 3 is 2.87 bits per heavy atom. The molecule has 0 saturated carbocycles. The summed E-state index contributed by atoms with van der Waals surface area (Å²) in [6, 6.07) is 1.93. The molecule has 1 amide bonds. The zero-order valence-electron chi connectivity index (χ0n) is 9.46. The first-order valence-electron chi connectivity index (χ1n) is 5.07. The lowest BCUT2D eigenvalue weighted by molar-refractivity contribution is -0.142.